The molecule has 5 nitrogen and oxygen atoms in total. The second-order valence-corrected chi connectivity index (χ2v) is 7.01. The SMILES string of the molecule is Cc1cc(C)nc(Nc2cccc(C(=O)Nc3ccc(Br)cc3C)c2)n1. The van der Waals surface area contributed by atoms with E-state index < -0.39 is 0 Å². The summed E-state index contributed by atoms with van der Waals surface area (Å²) >= 11 is 3.43. The first-order valence-electron chi connectivity index (χ1n) is 8.17. The normalized spacial score (nSPS) is 10.5. The van der Waals surface area contributed by atoms with E-state index in [1.807, 2.05) is 57.2 Å². The molecule has 2 N–H and O–H groups in total. The van der Waals surface area contributed by atoms with Gasteiger partial charge in [0.25, 0.3) is 5.91 Å². The van der Waals surface area contributed by atoms with Gasteiger partial charge in [0.15, 0.2) is 0 Å². The Labute approximate surface area is 161 Å². The number of hydrogen-bond donors (Lipinski definition) is 2. The molecule has 0 aliphatic rings. The molecule has 3 aromatic rings. The molecule has 2 aromatic carbocycles. The minimum absolute atomic E-state index is 0.166. The van der Waals surface area contributed by atoms with Crippen molar-refractivity contribution in [3.63, 3.8) is 0 Å². The van der Waals surface area contributed by atoms with Gasteiger partial charge in [-0.05, 0) is 68.8 Å². The zero-order valence-corrected chi connectivity index (χ0v) is 16.4. The number of anilines is 3. The van der Waals surface area contributed by atoms with Crippen LogP contribution in [0.2, 0.25) is 0 Å². The van der Waals surface area contributed by atoms with Gasteiger partial charge in [-0.15, -0.1) is 0 Å². The van der Waals surface area contributed by atoms with Crippen LogP contribution in [-0.2, 0) is 0 Å². The number of rotatable bonds is 4. The highest BCUT2D eigenvalue weighted by atomic mass is 79.9. The number of nitrogens with one attached hydrogen (secondary N) is 2. The van der Waals surface area contributed by atoms with Crippen molar-refractivity contribution in [2.45, 2.75) is 20.8 Å². The van der Waals surface area contributed by atoms with Gasteiger partial charge in [-0.3, -0.25) is 4.79 Å². The zero-order valence-electron chi connectivity index (χ0n) is 14.8. The molecule has 0 atom stereocenters. The lowest BCUT2D eigenvalue weighted by Gasteiger charge is -2.11. The Bertz CT molecular complexity index is 952. The maximum absolute atomic E-state index is 12.6. The lowest BCUT2D eigenvalue weighted by Crippen LogP contribution is -2.13. The van der Waals surface area contributed by atoms with Crippen LogP contribution in [0.1, 0.15) is 27.3 Å². The quantitative estimate of drug-likeness (QED) is 0.623. The Hall–Kier alpha value is -2.73. The van der Waals surface area contributed by atoms with Crippen molar-refractivity contribution >= 4 is 39.2 Å². The first kappa shape index (κ1) is 18.1. The molecule has 0 bridgehead atoms. The fourth-order valence-corrected chi connectivity index (χ4v) is 3.09. The fraction of sp³-hybridized carbons (Fsp3) is 0.150. The number of nitrogens with zero attached hydrogens (tertiary/aromatic N) is 2. The van der Waals surface area contributed by atoms with Gasteiger partial charge < -0.3 is 10.6 Å². The first-order valence-corrected chi connectivity index (χ1v) is 8.97. The number of carbonyl (C=O) groups is 1. The summed E-state index contributed by atoms with van der Waals surface area (Å²) in [5.41, 5.74) is 4.87. The van der Waals surface area contributed by atoms with Crippen molar-refractivity contribution in [3.8, 4) is 0 Å². The first-order chi connectivity index (χ1) is 12.4. The van der Waals surface area contributed by atoms with Crippen LogP contribution in [0.4, 0.5) is 17.3 Å². The van der Waals surface area contributed by atoms with Crippen LogP contribution >= 0.6 is 15.9 Å². The lowest BCUT2D eigenvalue weighted by molar-refractivity contribution is 0.102. The summed E-state index contributed by atoms with van der Waals surface area (Å²) in [6, 6.07) is 14.9. The molecule has 6 heteroatoms. The van der Waals surface area contributed by atoms with Crippen molar-refractivity contribution in [3.05, 3.63) is 75.5 Å². The van der Waals surface area contributed by atoms with Crippen molar-refractivity contribution < 1.29 is 4.79 Å². The predicted molar refractivity (Wildman–Crippen MR) is 108 cm³/mol. The van der Waals surface area contributed by atoms with Crippen molar-refractivity contribution in [1.82, 2.24) is 9.97 Å². The van der Waals surface area contributed by atoms with Crippen LogP contribution in [0.15, 0.2) is 53.0 Å². The fourth-order valence-electron chi connectivity index (χ4n) is 2.61. The van der Waals surface area contributed by atoms with Gasteiger partial charge in [0, 0.05) is 32.8 Å². The number of halogens is 1. The Morgan fingerprint density at radius 3 is 2.38 bits per heavy atom. The van der Waals surface area contributed by atoms with Crippen molar-refractivity contribution in [2.24, 2.45) is 0 Å². The molecule has 26 heavy (non-hydrogen) atoms. The number of hydrogen-bond acceptors (Lipinski definition) is 4. The topological polar surface area (TPSA) is 66.9 Å². The molecular formula is C20H19BrN4O. The lowest BCUT2D eigenvalue weighted by atomic mass is 10.1. The molecule has 0 spiro atoms. The van der Waals surface area contributed by atoms with E-state index in [1.165, 1.54) is 0 Å². The van der Waals surface area contributed by atoms with E-state index in [1.54, 1.807) is 12.1 Å². The van der Waals surface area contributed by atoms with E-state index in [0.717, 1.165) is 32.8 Å². The third kappa shape index (κ3) is 4.46. The molecule has 0 fully saturated rings. The van der Waals surface area contributed by atoms with Gasteiger partial charge in [0.2, 0.25) is 5.95 Å². The highest BCUT2D eigenvalue weighted by Crippen LogP contribution is 2.22. The Morgan fingerprint density at radius 2 is 1.69 bits per heavy atom. The predicted octanol–water partition coefficient (Wildman–Crippen LogP) is 5.16. The number of aromatic nitrogens is 2. The van der Waals surface area contributed by atoms with Crippen LogP contribution in [0.5, 0.6) is 0 Å². The second kappa shape index (κ2) is 7.66. The summed E-state index contributed by atoms with van der Waals surface area (Å²) in [5, 5.41) is 6.10. The highest BCUT2D eigenvalue weighted by molar-refractivity contribution is 9.10. The number of carbonyl (C=O) groups excluding carboxylic acids is 1. The monoisotopic (exact) mass is 410 g/mol. The highest BCUT2D eigenvalue weighted by Gasteiger charge is 2.09. The van der Waals surface area contributed by atoms with Crippen LogP contribution in [-0.4, -0.2) is 15.9 Å². The van der Waals surface area contributed by atoms with Gasteiger partial charge >= 0.3 is 0 Å². The smallest absolute Gasteiger partial charge is 0.255 e. The Kier molecular flexibility index (Phi) is 5.32. The summed E-state index contributed by atoms with van der Waals surface area (Å²) in [4.78, 5) is 21.3. The van der Waals surface area contributed by atoms with Gasteiger partial charge in [0.05, 0.1) is 0 Å². The van der Waals surface area contributed by atoms with Crippen LogP contribution in [0.3, 0.4) is 0 Å². The molecule has 0 aliphatic carbocycles. The van der Waals surface area contributed by atoms with Gasteiger partial charge in [0.1, 0.15) is 0 Å². The van der Waals surface area contributed by atoms with Gasteiger partial charge in [-0.2, -0.15) is 0 Å². The standard InChI is InChI=1S/C20H19BrN4O/c1-12-9-16(21)7-8-18(12)25-19(26)15-5-4-6-17(11-15)24-20-22-13(2)10-14(3)23-20/h4-11H,1-3H3,(H,25,26)(H,22,23,24). The van der Waals surface area contributed by atoms with E-state index in [2.05, 4.69) is 36.5 Å². The Balaban J connectivity index is 1.78. The largest absolute Gasteiger partial charge is 0.324 e. The third-order valence-corrected chi connectivity index (χ3v) is 4.29. The minimum atomic E-state index is -0.166. The average molecular weight is 411 g/mol. The second-order valence-electron chi connectivity index (χ2n) is 6.09. The van der Waals surface area contributed by atoms with E-state index in [9.17, 15) is 4.79 Å². The maximum Gasteiger partial charge on any atom is 0.255 e. The van der Waals surface area contributed by atoms with Crippen molar-refractivity contribution in [1.29, 1.82) is 0 Å². The molecule has 3 rings (SSSR count). The number of aryl methyl sites for hydroxylation is 3. The minimum Gasteiger partial charge on any atom is -0.324 e. The van der Waals surface area contributed by atoms with Crippen LogP contribution in [0.25, 0.3) is 0 Å². The molecule has 0 aliphatic heterocycles. The van der Waals surface area contributed by atoms with E-state index in [0.29, 0.717) is 11.5 Å². The summed E-state index contributed by atoms with van der Waals surface area (Å²) in [6.07, 6.45) is 0. The van der Waals surface area contributed by atoms with Crippen LogP contribution in [0, 0.1) is 20.8 Å². The van der Waals surface area contributed by atoms with E-state index in [4.69, 9.17) is 0 Å². The number of amides is 1. The number of benzene rings is 2. The summed E-state index contributed by atoms with van der Waals surface area (Å²) < 4.78 is 0.979. The van der Waals surface area contributed by atoms with E-state index in [-0.39, 0.29) is 5.91 Å². The maximum atomic E-state index is 12.6. The van der Waals surface area contributed by atoms with Crippen molar-refractivity contribution in [2.75, 3.05) is 10.6 Å². The summed E-state index contributed by atoms with van der Waals surface area (Å²) in [6.45, 7) is 5.80. The molecule has 1 aromatic heterocycles. The summed E-state index contributed by atoms with van der Waals surface area (Å²) in [7, 11) is 0. The van der Waals surface area contributed by atoms with Gasteiger partial charge in [-0.25, -0.2) is 9.97 Å². The zero-order chi connectivity index (χ0) is 18.7. The third-order valence-electron chi connectivity index (χ3n) is 3.80. The van der Waals surface area contributed by atoms with Gasteiger partial charge in [-0.1, -0.05) is 22.0 Å². The van der Waals surface area contributed by atoms with E-state index >= 15 is 0 Å². The molecule has 0 saturated heterocycles. The molecule has 0 unspecified atom stereocenters. The molecule has 0 saturated carbocycles. The summed E-state index contributed by atoms with van der Waals surface area (Å²) in [5.74, 6) is 0.351. The molecule has 132 valence electrons. The molecule has 0 radical (unpaired) electrons. The Morgan fingerprint density at radius 1 is 0.962 bits per heavy atom. The average Bonchev–Trinajstić information content (AvgIpc) is 2.56. The molecule has 1 heterocycles. The molecule has 1 amide bonds. The molecular weight excluding hydrogens is 392 g/mol. The van der Waals surface area contributed by atoms with Crippen LogP contribution < -0.4 is 10.6 Å².